The lowest BCUT2D eigenvalue weighted by atomic mass is 10.1. The summed E-state index contributed by atoms with van der Waals surface area (Å²) in [5.74, 6) is 0.840. The van der Waals surface area contributed by atoms with Gasteiger partial charge in [-0.2, -0.15) is 4.98 Å². The number of halogens is 1. The van der Waals surface area contributed by atoms with Gasteiger partial charge in [-0.25, -0.2) is 18.1 Å². The molecule has 0 bridgehead atoms. The molecule has 1 aliphatic rings. The maximum Gasteiger partial charge on any atom is 0.242 e. The summed E-state index contributed by atoms with van der Waals surface area (Å²) in [5, 5.41) is 6.42. The standard InChI is InChI=1S/C23H27BrN6O3S/c1-3-16-14-17(30-10-12-33-13-11-30)8-9-19(16)28-23-26-15-18(24)22(29-23)27-20-6-4-5-7-21(20)34(31,32)25-2/h4-9,14-15,25H,3,10-13H2,1-2H3,(H2,26,27,28,29). The Labute approximate surface area is 208 Å². The number of nitrogens with zero attached hydrogens (tertiary/aromatic N) is 3. The molecule has 3 N–H and O–H groups in total. The molecule has 4 rings (SSSR count). The van der Waals surface area contributed by atoms with E-state index in [-0.39, 0.29) is 4.90 Å². The lowest BCUT2D eigenvalue weighted by Crippen LogP contribution is -2.36. The van der Waals surface area contributed by atoms with Crippen LogP contribution in [0.25, 0.3) is 0 Å². The molecule has 180 valence electrons. The Kier molecular flexibility index (Phi) is 7.67. The number of morpholine rings is 1. The van der Waals surface area contributed by atoms with Gasteiger partial charge in [0, 0.05) is 30.7 Å². The Hall–Kier alpha value is -2.73. The van der Waals surface area contributed by atoms with Gasteiger partial charge in [-0.1, -0.05) is 19.1 Å². The quantitative estimate of drug-likeness (QED) is 0.388. The Morgan fingerprint density at radius 1 is 1.09 bits per heavy atom. The Morgan fingerprint density at radius 2 is 1.85 bits per heavy atom. The van der Waals surface area contributed by atoms with Crippen molar-refractivity contribution in [1.29, 1.82) is 0 Å². The number of benzene rings is 2. The van der Waals surface area contributed by atoms with Crippen LogP contribution >= 0.6 is 15.9 Å². The van der Waals surface area contributed by atoms with Crippen LogP contribution in [0.2, 0.25) is 0 Å². The molecule has 9 nitrogen and oxygen atoms in total. The average Bonchev–Trinajstić information content (AvgIpc) is 2.87. The first kappa shape index (κ1) is 24.4. The second kappa shape index (κ2) is 10.7. The second-order valence-corrected chi connectivity index (χ2v) is 10.3. The second-order valence-electron chi connectivity index (χ2n) is 7.64. The largest absolute Gasteiger partial charge is 0.378 e. The van der Waals surface area contributed by atoms with Crippen molar-refractivity contribution in [3.8, 4) is 0 Å². The first-order valence-electron chi connectivity index (χ1n) is 11.0. The van der Waals surface area contributed by atoms with E-state index in [1.165, 1.54) is 18.8 Å². The van der Waals surface area contributed by atoms with Gasteiger partial charge in [0.15, 0.2) is 0 Å². The summed E-state index contributed by atoms with van der Waals surface area (Å²) in [6, 6.07) is 13.0. The summed E-state index contributed by atoms with van der Waals surface area (Å²) >= 11 is 3.45. The van der Waals surface area contributed by atoms with E-state index in [0.717, 1.165) is 44.0 Å². The highest BCUT2D eigenvalue weighted by molar-refractivity contribution is 9.10. The number of hydrogen-bond acceptors (Lipinski definition) is 8. The van der Waals surface area contributed by atoms with Gasteiger partial charge in [0.05, 0.1) is 23.4 Å². The maximum absolute atomic E-state index is 12.4. The SMILES string of the molecule is CCc1cc(N2CCOCC2)ccc1Nc1ncc(Br)c(Nc2ccccc2S(=O)(=O)NC)n1. The van der Waals surface area contributed by atoms with Crippen LogP contribution < -0.4 is 20.3 Å². The molecule has 1 saturated heterocycles. The number of hydrogen-bond donors (Lipinski definition) is 3. The Bertz CT molecular complexity index is 1270. The normalized spacial score (nSPS) is 14.1. The van der Waals surface area contributed by atoms with Crippen LogP contribution in [0.3, 0.4) is 0 Å². The molecule has 3 aromatic rings. The molecule has 1 aromatic heterocycles. The topological polar surface area (TPSA) is 108 Å². The van der Waals surface area contributed by atoms with Crippen molar-refractivity contribution < 1.29 is 13.2 Å². The zero-order valence-corrected chi connectivity index (χ0v) is 21.4. The third kappa shape index (κ3) is 5.49. The third-order valence-corrected chi connectivity index (χ3v) is 7.59. The van der Waals surface area contributed by atoms with E-state index in [4.69, 9.17) is 4.74 Å². The van der Waals surface area contributed by atoms with Crippen LogP contribution in [0.5, 0.6) is 0 Å². The molecule has 0 aliphatic carbocycles. The van der Waals surface area contributed by atoms with Gasteiger partial charge in [0.1, 0.15) is 10.7 Å². The molecule has 2 heterocycles. The van der Waals surface area contributed by atoms with Crippen LogP contribution in [0.1, 0.15) is 12.5 Å². The highest BCUT2D eigenvalue weighted by Crippen LogP contribution is 2.30. The fourth-order valence-electron chi connectivity index (χ4n) is 3.69. The van der Waals surface area contributed by atoms with Gasteiger partial charge in [0.25, 0.3) is 0 Å². The molecule has 1 fully saturated rings. The molecule has 0 spiro atoms. The van der Waals surface area contributed by atoms with E-state index < -0.39 is 10.0 Å². The minimum atomic E-state index is -3.64. The van der Waals surface area contributed by atoms with Crippen LogP contribution in [0, 0.1) is 0 Å². The van der Waals surface area contributed by atoms with Crippen molar-refractivity contribution in [3.05, 3.63) is 58.7 Å². The molecule has 0 unspecified atom stereocenters. The van der Waals surface area contributed by atoms with Crippen LogP contribution in [-0.2, 0) is 21.2 Å². The van der Waals surface area contributed by atoms with E-state index >= 15 is 0 Å². The number of anilines is 5. The number of aryl methyl sites for hydroxylation is 1. The molecule has 0 atom stereocenters. The van der Waals surface area contributed by atoms with Crippen molar-refractivity contribution in [2.75, 3.05) is 48.9 Å². The molecule has 11 heteroatoms. The first-order valence-corrected chi connectivity index (χ1v) is 13.2. The van der Waals surface area contributed by atoms with Crippen molar-refractivity contribution in [2.45, 2.75) is 18.2 Å². The molecular formula is C23H27BrN6O3S. The zero-order valence-electron chi connectivity index (χ0n) is 19.0. The summed E-state index contributed by atoms with van der Waals surface area (Å²) in [6.45, 7) is 5.35. The number of para-hydroxylation sites is 1. The van der Waals surface area contributed by atoms with Crippen LogP contribution in [0.4, 0.5) is 28.8 Å². The molecule has 0 amide bonds. The molecule has 2 aromatic carbocycles. The van der Waals surface area contributed by atoms with Gasteiger partial charge in [-0.3, -0.25) is 0 Å². The van der Waals surface area contributed by atoms with E-state index in [0.29, 0.717) is 21.9 Å². The Balaban J connectivity index is 1.59. The summed E-state index contributed by atoms with van der Waals surface area (Å²) in [7, 11) is -2.26. The molecule has 34 heavy (non-hydrogen) atoms. The summed E-state index contributed by atoms with van der Waals surface area (Å²) in [5.41, 5.74) is 3.65. The van der Waals surface area contributed by atoms with Gasteiger partial charge < -0.3 is 20.3 Å². The van der Waals surface area contributed by atoms with E-state index in [1.54, 1.807) is 24.4 Å². The number of rotatable bonds is 8. The van der Waals surface area contributed by atoms with Crippen molar-refractivity contribution in [1.82, 2.24) is 14.7 Å². The van der Waals surface area contributed by atoms with Gasteiger partial charge >= 0.3 is 0 Å². The van der Waals surface area contributed by atoms with E-state index in [1.807, 2.05) is 6.07 Å². The lowest BCUT2D eigenvalue weighted by molar-refractivity contribution is 0.122. The predicted molar refractivity (Wildman–Crippen MR) is 138 cm³/mol. The van der Waals surface area contributed by atoms with Crippen LogP contribution in [0.15, 0.2) is 58.0 Å². The fraction of sp³-hybridized carbons (Fsp3) is 0.304. The van der Waals surface area contributed by atoms with Gasteiger partial charge in [-0.15, -0.1) is 0 Å². The van der Waals surface area contributed by atoms with Gasteiger partial charge in [0.2, 0.25) is 16.0 Å². The molecule has 0 saturated carbocycles. The summed E-state index contributed by atoms with van der Waals surface area (Å²) in [6.07, 6.45) is 2.47. The molecule has 0 radical (unpaired) electrons. The summed E-state index contributed by atoms with van der Waals surface area (Å²) < 4.78 is 33.2. The summed E-state index contributed by atoms with van der Waals surface area (Å²) in [4.78, 5) is 11.4. The third-order valence-electron chi connectivity index (χ3n) is 5.53. The average molecular weight is 547 g/mol. The maximum atomic E-state index is 12.4. The van der Waals surface area contributed by atoms with Gasteiger partial charge in [-0.05, 0) is 65.3 Å². The number of nitrogens with one attached hydrogen (secondary N) is 3. The minimum Gasteiger partial charge on any atom is -0.378 e. The van der Waals surface area contributed by atoms with Crippen molar-refractivity contribution >= 4 is 54.8 Å². The zero-order chi connectivity index (χ0) is 24.1. The van der Waals surface area contributed by atoms with Crippen molar-refractivity contribution in [3.63, 3.8) is 0 Å². The van der Waals surface area contributed by atoms with E-state index in [9.17, 15) is 8.42 Å². The predicted octanol–water partition coefficient (Wildman–Crippen LogP) is 4.03. The first-order chi connectivity index (χ1) is 16.4. The van der Waals surface area contributed by atoms with Crippen LogP contribution in [-0.4, -0.2) is 51.7 Å². The minimum absolute atomic E-state index is 0.129. The van der Waals surface area contributed by atoms with Crippen molar-refractivity contribution in [2.24, 2.45) is 0 Å². The number of ether oxygens (including phenoxy) is 1. The smallest absolute Gasteiger partial charge is 0.242 e. The highest BCUT2D eigenvalue weighted by Gasteiger charge is 2.18. The lowest BCUT2D eigenvalue weighted by Gasteiger charge is -2.29. The van der Waals surface area contributed by atoms with E-state index in [2.05, 4.69) is 65.2 Å². The number of sulfonamides is 1. The fourth-order valence-corrected chi connectivity index (χ4v) is 4.87. The molecule has 1 aliphatic heterocycles. The monoisotopic (exact) mass is 546 g/mol. The highest BCUT2D eigenvalue weighted by atomic mass is 79.9. The molecular weight excluding hydrogens is 520 g/mol. The number of aromatic nitrogens is 2. The Morgan fingerprint density at radius 3 is 2.59 bits per heavy atom.